The van der Waals surface area contributed by atoms with Crippen LogP contribution in [-0.2, 0) is 11.8 Å². The molecule has 0 atom stereocenters. The quantitative estimate of drug-likeness (QED) is 0.405. The minimum atomic E-state index is -0.549. The average molecular weight is 288 g/mol. The highest BCUT2D eigenvalue weighted by atomic mass is 16.6. The summed E-state index contributed by atoms with van der Waals surface area (Å²) in [4.78, 5) is 24.7. The molecule has 21 heavy (non-hydrogen) atoms. The Balaban J connectivity index is 2.18. The molecule has 1 N–H and O–H groups in total. The molecule has 0 bridgehead atoms. The van der Waals surface area contributed by atoms with Crippen molar-refractivity contribution >= 4 is 23.7 Å². The molecule has 3 rings (SSSR count). The van der Waals surface area contributed by atoms with Gasteiger partial charge in [-0.1, -0.05) is 0 Å². The normalized spacial score (nSPS) is 10.7. The Hall–Kier alpha value is -3.37. The van der Waals surface area contributed by atoms with Gasteiger partial charge in [0.15, 0.2) is 11.5 Å². The Morgan fingerprint density at radius 1 is 1.33 bits per heavy atom. The van der Waals surface area contributed by atoms with Crippen molar-refractivity contribution in [2.45, 2.75) is 0 Å². The molecule has 3 aromatic rings. The highest BCUT2D eigenvalue weighted by Crippen LogP contribution is 2.21. The molecule has 1 amide bonds. The van der Waals surface area contributed by atoms with Gasteiger partial charge in [-0.25, -0.2) is 9.55 Å². The summed E-state index contributed by atoms with van der Waals surface area (Å²) >= 11 is 0. The van der Waals surface area contributed by atoms with Crippen LogP contribution in [0.25, 0.3) is 17.3 Å². The van der Waals surface area contributed by atoms with Crippen molar-refractivity contribution < 1.29 is 9.72 Å². The zero-order valence-corrected chi connectivity index (χ0v) is 10.7. The highest BCUT2D eigenvalue weighted by molar-refractivity contribution is 5.69. The van der Waals surface area contributed by atoms with Gasteiger partial charge < -0.3 is 15.4 Å². The van der Waals surface area contributed by atoms with E-state index in [1.807, 2.05) is 0 Å². The van der Waals surface area contributed by atoms with Crippen molar-refractivity contribution in [3.8, 4) is 11.6 Å². The van der Waals surface area contributed by atoms with Crippen molar-refractivity contribution in [2.24, 2.45) is 7.05 Å². The number of carbonyl (C=O) groups excluding carboxylic acids is 1. The number of anilines is 1. The molecule has 0 aliphatic heterocycles. The number of nitrogens with one attached hydrogen (secondary N) is 1. The van der Waals surface area contributed by atoms with Crippen LogP contribution in [-0.4, -0.2) is 40.7 Å². The fourth-order valence-electron chi connectivity index (χ4n) is 1.84. The molecule has 0 spiro atoms. The minimum Gasteiger partial charge on any atom is -0.358 e. The van der Waals surface area contributed by atoms with Gasteiger partial charge in [-0.2, -0.15) is 4.52 Å². The first-order valence-electron chi connectivity index (χ1n) is 5.71. The third-order valence-corrected chi connectivity index (χ3v) is 2.82. The Kier molecular flexibility index (Phi) is 2.79. The van der Waals surface area contributed by atoms with Crippen LogP contribution < -0.4 is 5.32 Å². The fraction of sp³-hybridized carbons (Fsp3) is 0.100. The molecule has 0 aromatic carbocycles. The lowest BCUT2D eigenvalue weighted by atomic mass is 10.5. The summed E-state index contributed by atoms with van der Waals surface area (Å²) in [5.41, 5.74) is 0.423. The van der Waals surface area contributed by atoms with Gasteiger partial charge in [-0.3, -0.25) is 4.79 Å². The summed E-state index contributed by atoms with van der Waals surface area (Å²) in [7, 11) is 1.50. The second kappa shape index (κ2) is 4.63. The zero-order valence-electron chi connectivity index (χ0n) is 10.7. The molecule has 0 aliphatic carbocycles. The first-order valence-corrected chi connectivity index (χ1v) is 5.71. The molecule has 11 heteroatoms. The van der Waals surface area contributed by atoms with Crippen LogP contribution in [0.15, 0.2) is 18.3 Å². The van der Waals surface area contributed by atoms with Crippen LogP contribution in [0.4, 0.5) is 11.6 Å². The summed E-state index contributed by atoms with van der Waals surface area (Å²) in [6.45, 7) is 0. The maximum atomic E-state index is 10.8. The number of carbonyl (C=O) groups is 1. The van der Waals surface area contributed by atoms with Crippen molar-refractivity contribution in [3.63, 3.8) is 0 Å². The maximum Gasteiger partial charge on any atom is 0.343 e. The molecule has 106 valence electrons. The molecule has 11 nitrogen and oxygen atoms in total. The minimum absolute atomic E-state index is 0.177. The lowest BCUT2D eigenvalue weighted by Crippen LogP contribution is -2.05. The highest BCUT2D eigenvalue weighted by Gasteiger charge is 2.23. The summed E-state index contributed by atoms with van der Waals surface area (Å²) in [6.07, 6.45) is 1.62. The SMILES string of the molecule is Cn1c([N+](=O)[O-])cnc1-c1nnc2ccc(NC=O)nn12. The summed E-state index contributed by atoms with van der Waals surface area (Å²) in [6, 6.07) is 3.16. The number of hydrogen-bond acceptors (Lipinski definition) is 7. The lowest BCUT2D eigenvalue weighted by molar-refractivity contribution is -0.391. The van der Waals surface area contributed by atoms with E-state index in [0.717, 1.165) is 6.20 Å². The largest absolute Gasteiger partial charge is 0.358 e. The summed E-state index contributed by atoms with van der Waals surface area (Å²) < 4.78 is 2.62. The number of amides is 1. The molecule has 0 unspecified atom stereocenters. The van der Waals surface area contributed by atoms with Gasteiger partial charge in [0.1, 0.15) is 6.20 Å². The number of nitro groups is 1. The fourth-order valence-corrected chi connectivity index (χ4v) is 1.84. The van der Waals surface area contributed by atoms with E-state index >= 15 is 0 Å². The van der Waals surface area contributed by atoms with E-state index in [9.17, 15) is 14.9 Å². The van der Waals surface area contributed by atoms with Gasteiger partial charge in [0.05, 0.1) is 7.05 Å². The molecular formula is C10H8N8O3. The molecule has 0 saturated carbocycles. The Labute approximate surface area is 116 Å². The van der Waals surface area contributed by atoms with Gasteiger partial charge in [0, 0.05) is 0 Å². The predicted octanol–water partition coefficient (Wildman–Crippen LogP) is 0.00130. The van der Waals surface area contributed by atoms with Gasteiger partial charge in [0.25, 0.3) is 5.82 Å². The Morgan fingerprint density at radius 2 is 2.14 bits per heavy atom. The summed E-state index contributed by atoms with van der Waals surface area (Å²) in [5, 5.41) is 25.2. The second-order valence-corrected chi connectivity index (χ2v) is 4.03. The van der Waals surface area contributed by atoms with E-state index in [1.54, 1.807) is 12.1 Å². The van der Waals surface area contributed by atoms with Gasteiger partial charge in [0.2, 0.25) is 12.2 Å². The first kappa shape index (κ1) is 12.7. The van der Waals surface area contributed by atoms with Crippen LogP contribution in [0.1, 0.15) is 0 Å². The standard InChI is InChI=1S/C10H8N8O3/c1-16-8(18(20)21)4-11-9(16)10-14-13-7-3-2-6(12-5-19)15-17(7)10/h2-5H,1H3,(H,12,15,19). The van der Waals surface area contributed by atoms with Crippen LogP contribution in [0.2, 0.25) is 0 Å². The molecule has 0 fully saturated rings. The Bertz CT molecular complexity index is 851. The number of fused-ring (bicyclic) bond motifs is 1. The first-order chi connectivity index (χ1) is 10.1. The number of hydrogen-bond donors (Lipinski definition) is 1. The maximum absolute atomic E-state index is 10.8. The van der Waals surface area contributed by atoms with Crippen LogP contribution >= 0.6 is 0 Å². The Morgan fingerprint density at radius 3 is 2.81 bits per heavy atom. The molecule has 3 aromatic heterocycles. The van der Waals surface area contributed by atoms with Crippen molar-refractivity contribution in [2.75, 3.05) is 5.32 Å². The third-order valence-electron chi connectivity index (χ3n) is 2.82. The molecule has 3 heterocycles. The van der Waals surface area contributed by atoms with Gasteiger partial charge in [-0.05, 0) is 17.1 Å². The number of nitrogens with zero attached hydrogens (tertiary/aromatic N) is 7. The van der Waals surface area contributed by atoms with Gasteiger partial charge >= 0.3 is 5.82 Å². The molecular weight excluding hydrogens is 280 g/mol. The van der Waals surface area contributed by atoms with Gasteiger partial charge in [-0.15, -0.1) is 15.3 Å². The van der Waals surface area contributed by atoms with E-state index in [4.69, 9.17) is 0 Å². The van der Waals surface area contributed by atoms with Crippen LogP contribution in [0, 0.1) is 10.1 Å². The molecule has 0 saturated heterocycles. The zero-order chi connectivity index (χ0) is 15.0. The number of aromatic nitrogens is 6. The van der Waals surface area contributed by atoms with Crippen LogP contribution in [0.3, 0.4) is 0 Å². The third kappa shape index (κ3) is 1.96. The van der Waals surface area contributed by atoms with Crippen molar-refractivity contribution in [1.82, 2.24) is 29.4 Å². The number of imidazole rings is 1. The van der Waals surface area contributed by atoms with E-state index in [2.05, 4.69) is 25.6 Å². The smallest absolute Gasteiger partial charge is 0.343 e. The second-order valence-electron chi connectivity index (χ2n) is 4.03. The molecule has 0 radical (unpaired) electrons. The van der Waals surface area contributed by atoms with Crippen molar-refractivity contribution in [1.29, 1.82) is 0 Å². The lowest BCUT2D eigenvalue weighted by Gasteiger charge is -2.00. The van der Waals surface area contributed by atoms with E-state index in [1.165, 1.54) is 16.1 Å². The number of rotatable bonds is 4. The average Bonchev–Trinajstić information content (AvgIpc) is 3.02. The van der Waals surface area contributed by atoms with E-state index in [-0.39, 0.29) is 17.5 Å². The monoisotopic (exact) mass is 288 g/mol. The predicted molar refractivity (Wildman–Crippen MR) is 69.3 cm³/mol. The summed E-state index contributed by atoms with van der Waals surface area (Å²) in [5.74, 6) is 0.589. The molecule has 0 aliphatic rings. The van der Waals surface area contributed by atoms with E-state index in [0.29, 0.717) is 17.9 Å². The topological polar surface area (TPSA) is 133 Å². The van der Waals surface area contributed by atoms with Crippen molar-refractivity contribution in [3.05, 3.63) is 28.4 Å². The van der Waals surface area contributed by atoms with Crippen LogP contribution in [0.5, 0.6) is 0 Å². The van der Waals surface area contributed by atoms with E-state index < -0.39 is 4.92 Å².